The van der Waals surface area contributed by atoms with Crippen molar-refractivity contribution in [1.82, 2.24) is 24.8 Å². The molecule has 0 heterocycles. The Labute approximate surface area is 635 Å². The summed E-state index contributed by atoms with van der Waals surface area (Å²) in [5, 5.41) is 13.3. The van der Waals surface area contributed by atoms with E-state index >= 15 is 0 Å². The molecule has 3 rings (SSSR count). The monoisotopic (exact) mass is 1580 g/mol. The number of hydrogen-bond donors (Lipinski definition) is 10. The van der Waals surface area contributed by atoms with Crippen molar-refractivity contribution in [3.05, 3.63) is 89.5 Å². The van der Waals surface area contributed by atoms with E-state index in [1.165, 1.54) is 36.4 Å². The molecule has 3 aromatic rings. The molecule has 0 radical (unpaired) electrons. The van der Waals surface area contributed by atoms with Crippen molar-refractivity contribution >= 4 is 94.7 Å². The first-order valence-electron chi connectivity index (χ1n) is 35.6. The number of aryl methyl sites for hydroxylation is 3. The summed E-state index contributed by atoms with van der Waals surface area (Å²) in [5.74, 6) is -2.17. The highest BCUT2D eigenvalue weighted by atomic mass is 32.2. The largest absolute Gasteiger partial charge is 0.517 e. The van der Waals surface area contributed by atoms with Crippen LogP contribution in [0.4, 0.5) is 9.59 Å². The number of nitrogens with one attached hydrogen (secondary N) is 5. The van der Waals surface area contributed by atoms with Gasteiger partial charge in [0.05, 0.1) is 14.7 Å². The van der Waals surface area contributed by atoms with Crippen LogP contribution in [0.2, 0.25) is 32.2 Å². The lowest BCUT2D eigenvalue weighted by molar-refractivity contribution is -0.140. The molecule has 106 heavy (non-hydrogen) atoms. The summed E-state index contributed by atoms with van der Waals surface area (Å²) in [5.41, 5.74) is 24.7. The lowest BCUT2D eigenvalue weighted by Gasteiger charge is -2.51. The van der Waals surface area contributed by atoms with E-state index in [2.05, 4.69) is 151 Å². The average Bonchev–Trinajstić information content (AvgIpc) is 0.757. The third kappa shape index (κ3) is 33.4. The number of sulfonamides is 3. The second-order valence-electron chi connectivity index (χ2n) is 33.5. The van der Waals surface area contributed by atoms with Gasteiger partial charge in [-0.1, -0.05) is 164 Å². The molecule has 0 aliphatic heterocycles. The molecule has 0 unspecified atom stereocenters. The molecule has 0 saturated heterocycles. The zero-order chi connectivity index (χ0) is 82.2. The minimum Gasteiger partial charge on any atom is -0.517 e. The third-order valence-electron chi connectivity index (χ3n) is 16.6. The fourth-order valence-corrected chi connectivity index (χ4v) is 26.2. The van der Waals surface area contributed by atoms with E-state index in [0.717, 1.165) is 28.8 Å². The van der Waals surface area contributed by atoms with Crippen molar-refractivity contribution in [3.8, 4) is 0 Å². The van der Waals surface area contributed by atoms with Crippen molar-refractivity contribution in [2.24, 2.45) is 49.7 Å². The molecule has 0 aromatic heterocycles. The van der Waals surface area contributed by atoms with Crippen LogP contribution in [0, 0.1) is 32.6 Å². The van der Waals surface area contributed by atoms with Crippen molar-refractivity contribution < 1.29 is 72.7 Å². The minimum atomic E-state index is -3.88. The van der Waals surface area contributed by atoms with Gasteiger partial charge in [0.25, 0.3) is 46.7 Å². The van der Waals surface area contributed by atoms with E-state index in [1.54, 1.807) is 77.9 Å². The zero-order valence-electron chi connectivity index (χ0n) is 67.5. The van der Waals surface area contributed by atoms with Crippen LogP contribution in [0.3, 0.4) is 0 Å². The van der Waals surface area contributed by atoms with E-state index in [4.69, 9.17) is 41.3 Å². The standard InChI is InChI=1S/C30H54N4O6SSi.C25H46N4O4SSi.C18H28N4O6S/c1-21(2)20-42(29(7,8)9,30(10,11)12)40-25(35)24(33-27(36)39-28(4,5)6)14-13-19-32-26(31)34-41(37,38)23-17-15-22(3)16-18-23;1-18(2)17-35(24(4,5)6,25(7,8)9)33-22(30)21(26)11-10-16-28-23(27)29-34(31,32)20-14-12-19(3)13-15-20;1-12-7-9-13(10-8-12)29(26,27)22-16(19)20-11-5-6-14(15(23)24)21-17(25)28-18(2,3)4/h15-18,21,24H,13-14,19-20H2,1-12H3,(H,33,36)(H3,31,32,34);12-15,18,21H,10-11,16-17,26H2,1-9H3,(H3,27,28,29);7-10,14H,5-6,11H2,1-4H3,(H,21,25)(H,23,24)(H3,19,20,22)/t24-;21-;14-/m000/s1. The number of amides is 2. The van der Waals surface area contributed by atoms with E-state index in [0.29, 0.717) is 31.1 Å². The Morgan fingerprint density at radius 1 is 0.434 bits per heavy atom. The molecule has 0 bridgehead atoms. The Morgan fingerprint density at radius 2 is 0.689 bits per heavy atom. The van der Waals surface area contributed by atoms with Crippen molar-refractivity contribution in [3.63, 3.8) is 0 Å². The summed E-state index contributed by atoms with van der Waals surface area (Å²) in [6.45, 7) is 50.4. The zero-order valence-corrected chi connectivity index (χ0v) is 72.0. The molecule has 602 valence electrons. The van der Waals surface area contributed by atoms with Crippen molar-refractivity contribution in [1.29, 1.82) is 0 Å². The number of nitrogens with zero attached hydrogens (tertiary/aromatic N) is 3. The number of ether oxygens (including phenoxy) is 2. The second-order valence-corrected chi connectivity index (χ2v) is 49.1. The number of carbonyl (C=O) groups is 5. The van der Waals surface area contributed by atoms with Gasteiger partial charge in [0, 0.05) is 19.6 Å². The lowest BCUT2D eigenvalue weighted by atomic mass is 10.1. The number of carbonyl (C=O) groups excluding carboxylic acids is 4. The number of carboxylic acid groups (broad SMARTS) is 1. The highest BCUT2D eigenvalue weighted by Crippen LogP contribution is 2.56. The smallest absolute Gasteiger partial charge is 0.408 e. The number of aliphatic imine (C=N–C) groups is 3. The van der Waals surface area contributed by atoms with Gasteiger partial charge >= 0.3 is 30.1 Å². The second kappa shape index (κ2) is 40.2. The first-order chi connectivity index (χ1) is 48.0. The number of guanidine groups is 3. The number of alkyl carbamates (subject to hydrolysis) is 2. The molecule has 2 amide bonds. The summed E-state index contributed by atoms with van der Waals surface area (Å²) in [6, 6.07) is 17.7. The Bertz CT molecular complexity index is 3770. The quantitative estimate of drug-likeness (QED) is 0.0134. The average molecular weight is 1580 g/mol. The van der Waals surface area contributed by atoms with Gasteiger partial charge in [-0.05, 0) is 181 Å². The minimum absolute atomic E-state index is 0.0498. The van der Waals surface area contributed by atoms with Crippen LogP contribution in [0.25, 0.3) is 0 Å². The summed E-state index contributed by atoms with van der Waals surface area (Å²) in [7, 11) is -16.9. The fourth-order valence-electron chi connectivity index (χ4n) is 11.7. The maximum absolute atomic E-state index is 13.8. The molecule has 3 aromatic carbocycles. The third-order valence-corrected chi connectivity index (χ3v) is 34.3. The van der Waals surface area contributed by atoms with Crippen molar-refractivity contribution in [2.75, 3.05) is 19.6 Å². The van der Waals surface area contributed by atoms with Crippen LogP contribution < -0.4 is 47.7 Å². The molecular formula is C73H128N12O16S3Si2. The van der Waals surface area contributed by atoms with E-state index in [1.807, 2.05) is 20.8 Å². The van der Waals surface area contributed by atoms with E-state index in [9.17, 15) is 54.3 Å². The first kappa shape index (κ1) is 96.7. The summed E-state index contributed by atoms with van der Waals surface area (Å²) in [6.07, 6.45) is 0.107. The Hall–Kier alpha value is -7.34. The van der Waals surface area contributed by atoms with Gasteiger partial charge < -0.3 is 57.0 Å². The van der Waals surface area contributed by atoms with Crippen LogP contribution in [-0.4, -0.2) is 144 Å². The molecule has 28 nitrogen and oxygen atoms in total. The van der Waals surface area contributed by atoms with Crippen LogP contribution in [0.5, 0.6) is 0 Å². The first-order valence-corrected chi connectivity index (χ1v) is 44.3. The molecule has 0 aliphatic rings. The molecule has 0 saturated carbocycles. The van der Waals surface area contributed by atoms with Crippen molar-refractivity contribution in [2.45, 2.75) is 288 Å². The van der Waals surface area contributed by atoms with Gasteiger partial charge in [-0.2, -0.15) is 0 Å². The molecule has 0 fully saturated rings. The molecule has 3 atom stereocenters. The van der Waals surface area contributed by atoms with Gasteiger partial charge in [0.1, 0.15) is 29.3 Å². The molecule has 14 N–H and O–H groups in total. The number of hydrogen-bond acceptors (Lipinski definition) is 19. The normalized spacial score (nSPS) is 14.2. The van der Waals surface area contributed by atoms with Gasteiger partial charge in [0.15, 0.2) is 0 Å². The van der Waals surface area contributed by atoms with Gasteiger partial charge in [-0.3, -0.25) is 24.6 Å². The Kier molecular flexibility index (Phi) is 36.7. The van der Waals surface area contributed by atoms with Gasteiger partial charge in [-0.25, -0.2) is 53.8 Å². The predicted molar refractivity (Wildman–Crippen MR) is 425 cm³/mol. The molecule has 0 aliphatic carbocycles. The summed E-state index contributed by atoms with van der Waals surface area (Å²) < 4.78 is 104. The maximum atomic E-state index is 13.8. The topological polar surface area (TPSA) is 446 Å². The van der Waals surface area contributed by atoms with E-state index < -0.39 is 100 Å². The highest BCUT2D eigenvalue weighted by Gasteiger charge is 2.59. The van der Waals surface area contributed by atoms with Crippen LogP contribution in [0.1, 0.15) is 208 Å². The Balaban J connectivity index is 0.000000809. The lowest BCUT2D eigenvalue weighted by Crippen LogP contribution is -2.58. The summed E-state index contributed by atoms with van der Waals surface area (Å²) >= 11 is 0. The number of rotatable bonds is 29. The Morgan fingerprint density at radius 3 is 0.943 bits per heavy atom. The van der Waals surface area contributed by atoms with Crippen LogP contribution in [-0.2, 0) is 62.8 Å². The van der Waals surface area contributed by atoms with Gasteiger partial charge in [-0.15, -0.1) is 0 Å². The van der Waals surface area contributed by atoms with Gasteiger partial charge in [0.2, 0.25) is 17.9 Å². The fraction of sp³-hybridized carbons (Fsp3) is 0.644. The molecule has 33 heteroatoms. The SMILES string of the molecule is Cc1ccc(S(=O)(=O)NC(N)=NCCC[C@H](N)C(=O)O[Si](CC(C)C)(C(C)(C)C)C(C)(C)C)cc1.Cc1ccc(S(=O)(=O)NC(N)=NCCC[C@H](NC(=O)OC(C)(C)C)C(=O)O)cc1.Cc1ccc(S(=O)(=O)NC(N)=NCCC[C@H](NC(=O)OC(C)(C)C)C(=O)O[Si](CC(C)C)(C(C)(C)C)C(C)(C)C)cc1. The van der Waals surface area contributed by atoms with Crippen LogP contribution >= 0.6 is 0 Å². The number of nitrogens with two attached hydrogens (primary N) is 4. The maximum Gasteiger partial charge on any atom is 0.408 e. The predicted octanol–water partition coefficient (Wildman–Crippen LogP) is 11.8. The highest BCUT2D eigenvalue weighted by molar-refractivity contribution is 7.90. The number of benzene rings is 3. The van der Waals surface area contributed by atoms with E-state index in [-0.39, 0.29) is 97.6 Å². The van der Waals surface area contributed by atoms with Crippen LogP contribution in [0.15, 0.2) is 102 Å². The number of aliphatic carboxylic acids is 1. The molecule has 0 spiro atoms. The summed E-state index contributed by atoms with van der Waals surface area (Å²) in [4.78, 5) is 74.9. The number of carboxylic acids is 1. The molecular weight excluding hydrogens is 1450 g/mol.